The predicted octanol–water partition coefficient (Wildman–Crippen LogP) is 2.99. The normalized spacial score (nSPS) is 17.9. The van der Waals surface area contributed by atoms with E-state index in [1.54, 1.807) is 6.92 Å². The molecule has 0 aromatic heterocycles. The summed E-state index contributed by atoms with van der Waals surface area (Å²) in [7, 11) is -1.71. The number of nitrogens with zero attached hydrogens (tertiary/aromatic N) is 1. The molecule has 2 aromatic rings. The van der Waals surface area contributed by atoms with Gasteiger partial charge in [-0.1, -0.05) is 18.2 Å². The molecule has 0 aliphatic carbocycles. The number of hydrogen-bond acceptors (Lipinski definition) is 3. The quantitative estimate of drug-likeness (QED) is 0.939. The summed E-state index contributed by atoms with van der Waals surface area (Å²) >= 11 is 0. The van der Waals surface area contributed by atoms with Gasteiger partial charge in [0, 0.05) is 19.3 Å². The van der Waals surface area contributed by atoms with E-state index < -0.39 is 15.8 Å². The lowest BCUT2D eigenvalue weighted by Crippen LogP contribution is -2.36. The van der Waals surface area contributed by atoms with Gasteiger partial charge in [0.2, 0.25) is 10.0 Å². The summed E-state index contributed by atoms with van der Waals surface area (Å²) in [6.07, 6.45) is 0.687. The largest absolute Gasteiger partial charge is 0.374 e. The molecule has 0 saturated carbocycles. The van der Waals surface area contributed by atoms with Gasteiger partial charge in [-0.25, -0.2) is 17.5 Å². The SMILES string of the molecule is Cc1cc(F)ccc1S(=O)(=O)NC1CCN(C)c2ccccc21. The molecule has 1 N–H and O–H groups in total. The molecule has 4 nitrogen and oxygen atoms in total. The molecule has 0 fully saturated rings. The van der Waals surface area contributed by atoms with E-state index in [1.807, 2.05) is 31.3 Å². The minimum absolute atomic E-state index is 0.121. The highest BCUT2D eigenvalue weighted by Gasteiger charge is 2.28. The third-order valence-corrected chi connectivity index (χ3v) is 5.83. The van der Waals surface area contributed by atoms with E-state index >= 15 is 0 Å². The van der Waals surface area contributed by atoms with Gasteiger partial charge in [0.15, 0.2) is 0 Å². The van der Waals surface area contributed by atoms with Crippen LogP contribution in [-0.4, -0.2) is 22.0 Å². The van der Waals surface area contributed by atoms with Crippen molar-refractivity contribution in [2.24, 2.45) is 0 Å². The number of halogens is 1. The summed E-state index contributed by atoms with van der Waals surface area (Å²) in [6.45, 7) is 2.37. The fourth-order valence-corrected chi connectivity index (χ4v) is 4.49. The predicted molar refractivity (Wildman–Crippen MR) is 88.5 cm³/mol. The van der Waals surface area contributed by atoms with Gasteiger partial charge in [-0.3, -0.25) is 0 Å². The minimum atomic E-state index is -3.70. The van der Waals surface area contributed by atoms with E-state index in [9.17, 15) is 12.8 Å². The Bertz CT molecular complexity index is 836. The van der Waals surface area contributed by atoms with Gasteiger partial charge in [0.25, 0.3) is 0 Å². The van der Waals surface area contributed by atoms with Gasteiger partial charge in [-0.05, 0) is 48.7 Å². The van der Waals surface area contributed by atoms with Crippen LogP contribution in [0.2, 0.25) is 0 Å². The standard InChI is InChI=1S/C17H19FN2O2S/c1-12-11-13(18)7-8-17(12)23(21,22)19-15-9-10-20(2)16-6-4-3-5-14(15)16/h3-8,11,15,19H,9-10H2,1-2H3. The smallest absolute Gasteiger partial charge is 0.241 e. The maximum atomic E-state index is 13.2. The molecule has 2 aromatic carbocycles. The molecular weight excluding hydrogens is 315 g/mol. The van der Waals surface area contributed by atoms with Crippen molar-refractivity contribution < 1.29 is 12.8 Å². The second kappa shape index (κ2) is 5.94. The number of aryl methyl sites for hydroxylation is 1. The van der Waals surface area contributed by atoms with Crippen LogP contribution in [0, 0.1) is 12.7 Å². The third-order valence-electron chi connectivity index (χ3n) is 4.20. The fourth-order valence-electron chi connectivity index (χ4n) is 3.02. The Kier molecular flexibility index (Phi) is 4.12. The zero-order valence-corrected chi connectivity index (χ0v) is 13.9. The Balaban J connectivity index is 1.94. The molecule has 6 heteroatoms. The molecule has 1 atom stereocenters. The summed E-state index contributed by atoms with van der Waals surface area (Å²) in [6, 6.07) is 11.2. The highest BCUT2D eigenvalue weighted by molar-refractivity contribution is 7.89. The molecular formula is C17H19FN2O2S. The van der Waals surface area contributed by atoms with E-state index in [4.69, 9.17) is 0 Å². The molecule has 3 rings (SSSR count). The Morgan fingerprint density at radius 1 is 1.22 bits per heavy atom. The summed E-state index contributed by atoms with van der Waals surface area (Å²) in [4.78, 5) is 2.24. The van der Waals surface area contributed by atoms with Gasteiger partial charge >= 0.3 is 0 Å². The van der Waals surface area contributed by atoms with Crippen LogP contribution in [0.25, 0.3) is 0 Å². The number of para-hydroxylation sites is 1. The van der Waals surface area contributed by atoms with Crippen LogP contribution in [-0.2, 0) is 10.0 Å². The topological polar surface area (TPSA) is 49.4 Å². The molecule has 0 radical (unpaired) electrons. The van der Waals surface area contributed by atoms with E-state index in [2.05, 4.69) is 9.62 Å². The van der Waals surface area contributed by atoms with Gasteiger partial charge in [0.05, 0.1) is 10.9 Å². The van der Waals surface area contributed by atoms with Crippen LogP contribution >= 0.6 is 0 Å². The maximum absolute atomic E-state index is 13.2. The molecule has 0 amide bonds. The lowest BCUT2D eigenvalue weighted by molar-refractivity contribution is 0.528. The van der Waals surface area contributed by atoms with Crippen molar-refractivity contribution in [1.29, 1.82) is 0 Å². The number of fused-ring (bicyclic) bond motifs is 1. The Hall–Kier alpha value is -1.92. The Morgan fingerprint density at radius 3 is 2.70 bits per heavy atom. The number of anilines is 1. The maximum Gasteiger partial charge on any atom is 0.241 e. The van der Waals surface area contributed by atoms with Crippen LogP contribution in [0.15, 0.2) is 47.4 Å². The van der Waals surface area contributed by atoms with E-state index in [0.29, 0.717) is 12.0 Å². The average Bonchev–Trinajstić information content (AvgIpc) is 2.50. The summed E-state index contributed by atoms with van der Waals surface area (Å²) < 4.78 is 41.3. The first kappa shape index (κ1) is 16.0. The number of sulfonamides is 1. The first-order valence-corrected chi connectivity index (χ1v) is 8.95. The summed E-state index contributed by atoms with van der Waals surface area (Å²) in [5.74, 6) is -0.439. The molecule has 122 valence electrons. The number of benzene rings is 2. The minimum Gasteiger partial charge on any atom is -0.374 e. The third kappa shape index (κ3) is 3.09. The molecule has 0 bridgehead atoms. The van der Waals surface area contributed by atoms with Gasteiger partial charge in [0.1, 0.15) is 5.82 Å². The van der Waals surface area contributed by atoms with Gasteiger partial charge in [-0.15, -0.1) is 0 Å². The molecule has 1 heterocycles. The van der Waals surface area contributed by atoms with Crippen molar-refractivity contribution in [2.45, 2.75) is 24.3 Å². The van der Waals surface area contributed by atoms with Crippen molar-refractivity contribution >= 4 is 15.7 Å². The molecule has 1 aliphatic heterocycles. The van der Waals surface area contributed by atoms with Crippen LogP contribution in [0.1, 0.15) is 23.6 Å². The van der Waals surface area contributed by atoms with Gasteiger partial charge in [-0.2, -0.15) is 0 Å². The molecule has 0 spiro atoms. The van der Waals surface area contributed by atoms with Crippen molar-refractivity contribution in [3.63, 3.8) is 0 Å². The molecule has 0 saturated heterocycles. The van der Waals surface area contributed by atoms with Crippen molar-refractivity contribution in [1.82, 2.24) is 4.72 Å². The van der Waals surface area contributed by atoms with Crippen LogP contribution < -0.4 is 9.62 Å². The lowest BCUT2D eigenvalue weighted by Gasteiger charge is -2.33. The molecule has 1 unspecified atom stereocenters. The van der Waals surface area contributed by atoms with E-state index in [1.165, 1.54) is 18.2 Å². The van der Waals surface area contributed by atoms with Gasteiger partial charge < -0.3 is 4.90 Å². The van der Waals surface area contributed by atoms with Crippen LogP contribution in [0.3, 0.4) is 0 Å². The average molecular weight is 334 g/mol. The first-order chi connectivity index (χ1) is 10.9. The zero-order valence-electron chi connectivity index (χ0n) is 13.1. The molecule has 1 aliphatic rings. The highest BCUT2D eigenvalue weighted by Crippen LogP contribution is 2.33. The summed E-state index contributed by atoms with van der Waals surface area (Å²) in [5, 5.41) is 0. The lowest BCUT2D eigenvalue weighted by atomic mass is 9.98. The van der Waals surface area contributed by atoms with Crippen LogP contribution in [0.5, 0.6) is 0 Å². The van der Waals surface area contributed by atoms with E-state index in [0.717, 1.165) is 17.8 Å². The highest BCUT2D eigenvalue weighted by atomic mass is 32.2. The van der Waals surface area contributed by atoms with Crippen molar-refractivity contribution in [2.75, 3.05) is 18.5 Å². The number of rotatable bonds is 3. The Morgan fingerprint density at radius 2 is 1.96 bits per heavy atom. The monoisotopic (exact) mass is 334 g/mol. The second-order valence-electron chi connectivity index (χ2n) is 5.85. The van der Waals surface area contributed by atoms with E-state index in [-0.39, 0.29) is 10.9 Å². The fraction of sp³-hybridized carbons (Fsp3) is 0.294. The molecule has 23 heavy (non-hydrogen) atoms. The number of nitrogens with one attached hydrogen (secondary N) is 1. The zero-order chi connectivity index (χ0) is 16.6. The Labute approximate surface area is 136 Å². The summed E-state index contributed by atoms with van der Waals surface area (Å²) in [5.41, 5.74) is 2.39. The number of hydrogen-bond donors (Lipinski definition) is 1. The first-order valence-electron chi connectivity index (χ1n) is 7.47. The second-order valence-corrected chi connectivity index (χ2v) is 7.54. The van der Waals surface area contributed by atoms with Crippen molar-refractivity contribution in [3.05, 3.63) is 59.4 Å². The van der Waals surface area contributed by atoms with Crippen LogP contribution in [0.4, 0.5) is 10.1 Å². The van der Waals surface area contributed by atoms with Crippen molar-refractivity contribution in [3.8, 4) is 0 Å².